The Labute approximate surface area is 496 Å². The predicted molar refractivity (Wildman–Crippen MR) is 348 cm³/mol. The van der Waals surface area contributed by atoms with Crippen molar-refractivity contribution in [1.29, 1.82) is 0 Å². The second-order valence-electron chi connectivity index (χ2n) is 23.1. The molecule has 0 N–H and O–H groups in total. The Kier molecular flexibility index (Phi) is 65.2. The lowest BCUT2D eigenvalue weighted by Gasteiger charge is -2.18. The molecule has 0 radical (unpaired) electrons. The summed E-state index contributed by atoms with van der Waals surface area (Å²) >= 11 is 0. The molecule has 0 aliphatic heterocycles. The van der Waals surface area contributed by atoms with Crippen molar-refractivity contribution in [2.24, 2.45) is 0 Å². The van der Waals surface area contributed by atoms with Gasteiger partial charge < -0.3 is 14.2 Å². The van der Waals surface area contributed by atoms with Gasteiger partial charge in [0.25, 0.3) is 0 Å². The van der Waals surface area contributed by atoms with Crippen molar-refractivity contribution in [3.8, 4) is 0 Å². The molecule has 0 spiro atoms. The number of ether oxygens (including phenoxy) is 3. The summed E-state index contributed by atoms with van der Waals surface area (Å²) in [5, 5.41) is 0. The number of carbonyl (C=O) groups excluding carboxylic acids is 3. The van der Waals surface area contributed by atoms with Crippen LogP contribution in [0.4, 0.5) is 0 Å². The van der Waals surface area contributed by atoms with Crippen molar-refractivity contribution in [2.45, 2.75) is 354 Å². The second-order valence-corrected chi connectivity index (χ2v) is 23.1. The van der Waals surface area contributed by atoms with Crippen LogP contribution in [0.3, 0.4) is 0 Å². The number of unbranched alkanes of at least 4 members (excludes halogenated alkanes) is 38. The van der Waals surface area contributed by atoms with Gasteiger partial charge in [0, 0.05) is 19.3 Å². The van der Waals surface area contributed by atoms with Crippen molar-refractivity contribution < 1.29 is 28.6 Å². The highest BCUT2D eigenvalue weighted by Crippen LogP contribution is 2.17. The molecule has 462 valence electrons. The first-order valence-corrected chi connectivity index (χ1v) is 34.6. The average Bonchev–Trinajstić information content (AvgIpc) is 3.46. The van der Waals surface area contributed by atoms with Crippen molar-refractivity contribution in [2.75, 3.05) is 13.2 Å². The first-order chi connectivity index (χ1) is 39.5. The molecule has 0 aliphatic rings. The maximum absolute atomic E-state index is 12.9. The molecule has 6 heteroatoms. The van der Waals surface area contributed by atoms with Gasteiger partial charge in [0.05, 0.1) is 0 Å². The zero-order chi connectivity index (χ0) is 57.8. The summed E-state index contributed by atoms with van der Waals surface area (Å²) in [6.07, 6.45) is 90.8. The van der Waals surface area contributed by atoms with E-state index < -0.39 is 6.10 Å². The second kappa shape index (κ2) is 68.1. The molecule has 0 aliphatic carbocycles. The van der Waals surface area contributed by atoms with E-state index in [9.17, 15) is 14.4 Å². The quantitative estimate of drug-likeness (QED) is 0.0261. The highest BCUT2D eigenvalue weighted by molar-refractivity contribution is 5.71. The molecule has 6 nitrogen and oxygen atoms in total. The number of esters is 3. The van der Waals surface area contributed by atoms with E-state index in [1.54, 1.807) is 0 Å². The molecule has 0 aromatic heterocycles. The zero-order valence-corrected chi connectivity index (χ0v) is 53.1. The number of hydrogen-bond donors (Lipinski definition) is 0. The molecular weight excluding hydrogens is 985 g/mol. The normalized spacial score (nSPS) is 12.6. The average molecular weight is 1120 g/mol. The van der Waals surface area contributed by atoms with Gasteiger partial charge in [-0.15, -0.1) is 0 Å². The van der Waals surface area contributed by atoms with Gasteiger partial charge in [0.15, 0.2) is 6.10 Å². The maximum Gasteiger partial charge on any atom is 0.306 e. The molecule has 0 saturated heterocycles. The molecule has 0 rings (SSSR count). The van der Waals surface area contributed by atoms with Gasteiger partial charge in [-0.05, 0) is 96.3 Å². The predicted octanol–water partition coefficient (Wildman–Crippen LogP) is 23.8. The topological polar surface area (TPSA) is 78.9 Å². The number of allylic oxidation sites excluding steroid dienone is 14. The van der Waals surface area contributed by atoms with Gasteiger partial charge in [0.1, 0.15) is 13.2 Å². The molecule has 0 bridgehead atoms. The minimum atomic E-state index is -0.776. The van der Waals surface area contributed by atoms with E-state index in [1.807, 2.05) is 0 Å². The summed E-state index contributed by atoms with van der Waals surface area (Å²) < 4.78 is 16.8. The van der Waals surface area contributed by atoms with E-state index in [-0.39, 0.29) is 31.1 Å². The van der Waals surface area contributed by atoms with E-state index in [1.165, 1.54) is 205 Å². The largest absolute Gasteiger partial charge is 0.462 e. The van der Waals surface area contributed by atoms with Gasteiger partial charge >= 0.3 is 17.9 Å². The van der Waals surface area contributed by atoms with Crippen LogP contribution in [0.5, 0.6) is 0 Å². The van der Waals surface area contributed by atoms with Gasteiger partial charge in [-0.3, -0.25) is 14.4 Å². The standard InChI is InChI=1S/C74H130O6/c1-4-7-10-13-16-18-20-22-24-26-28-30-32-33-34-35-36-37-38-39-40-41-43-44-46-48-50-52-54-56-58-61-64-67-73(76)79-70-71(69-78-72(75)66-63-60-15-12-9-6-3)80-74(77)68-65-62-59-57-55-53-51-49-47-45-42-31-29-27-25-23-21-19-17-14-11-8-5-2/h7,10,16,18,21-24,27-30,42,45,71H,4-6,8-9,11-15,17,19-20,25-26,31-41,43-44,46-70H2,1-3H3/b10-7-,18-16-,23-21-,24-22-,29-27-,30-28-,45-42-. The molecule has 1 unspecified atom stereocenters. The van der Waals surface area contributed by atoms with Gasteiger partial charge in [0.2, 0.25) is 0 Å². The zero-order valence-electron chi connectivity index (χ0n) is 53.1. The van der Waals surface area contributed by atoms with Crippen molar-refractivity contribution >= 4 is 17.9 Å². The van der Waals surface area contributed by atoms with Crippen LogP contribution in [0.1, 0.15) is 348 Å². The van der Waals surface area contributed by atoms with Crippen LogP contribution in [0.15, 0.2) is 85.1 Å². The number of hydrogen-bond acceptors (Lipinski definition) is 6. The molecule has 0 aromatic carbocycles. The smallest absolute Gasteiger partial charge is 0.306 e. The highest BCUT2D eigenvalue weighted by atomic mass is 16.6. The van der Waals surface area contributed by atoms with Crippen molar-refractivity contribution in [1.82, 2.24) is 0 Å². The monoisotopic (exact) mass is 1110 g/mol. The summed E-state index contributed by atoms with van der Waals surface area (Å²) in [5.41, 5.74) is 0. The fourth-order valence-corrected chi connectivity index (χ4v) is 9.97. The first-order valence-electron chi connectivity index (χ1n) is 34.6. The lowest BCUT2D eigenvalue weighted by molar-refractivity contribution is -0.167. The first kappa shape index (κ1) is 76.6. The lowest BCUT2D eigenvalue weighted by Crippen LogP contribution is -2.30. The minimum absolute atomic E-state index is 0.0752. The molecule has 0 saturated carbocycles. The van der Waals surface area contributed by atoms with Crippen molar-refractivity contribution in [3.63, 3.8) is 0 Å². The van der Waals surface area contributed by atoms with E-state index >= 15 is 0 Å². The summed E-state index contributed by atoms with van der Waals surface area (Å²) in [4.78, 5) is 38.1. The van der Waals surface area contributed by atoms with Crippen LogP contribution in [-0.4, -0.2) is 37.2 Å². The minimum Gasteiger partial charge on any atom is -0.462 e. The van der Waals surface area contributed by atoms with E-state index in [4.69, 9.17) is 14.2 Å². The SMILES string of the molecule is CC/C=C\C/C=C\C/C=C\C/C=C\CCCCCCCCCCCCCCCCCCCCCCC(=O)OCC(COC(=O)CCCCCCCC)OC(=O)CCCCCCCCCC/C=C\C/C=C\C/C=C\CCCCCCC. The van der Waals surface area contributed by atoms with Gasteiger partial charge in [-0.25, -0.2) is 0 Å². The summed E-state index contributed by atoms with van der Waals surface area (Å²) in [7, 11) is 0. The number of carbonyl (C=O) groups is 3. The Balaban J connectivity index is 4.00. The van der Waals surface area contributed by atoms with Crippen LogP contribution in [0.25, 0.3) is 0 Å². The van der Waals surface area contributed by atoms with Crippen LogP contribution in [0.2, 0.25) is 0 Å². The molecule has 0 amide bonds. The van der Waals surface area contributed by atoms with Crippen LogP contribution >= 0.6 is 0 Å². The third-order valence-electron chi connectivity index (χ3n) is 15.1. The van der Waals surface area contributed by atoms with E-state index in [0.29, 0.717) is 19.3 Å². The third kappa shape index (κ3) is 65.4. The van der Waals surface area contributed by atoms with Crippen LogP contribution in [0, 0.1) is 0 Å². The molecular formula is C74H130O6. The Hall–Kier alpha value is -3.41. The fourth-order valence-electron chi connectivity index (χ4n) is 9.97. The fraction of sp³-hybridized carbons (Fsp3) is 0.770. The molecule has 0 fully saturated rings. The Bertz CT molecular complexity index is 1520. The third-order valence-corrected chi connectivity index (χ3v) is 15.1. The van der Waals surface area contributed by atoms with E-state index in [2.05, 4.69) is 106 Å². The summed E-state index contributed by atoms with van der Waals surface area (Å²) in [5.74, 6) is -0.876. The van der Waals surface area contributed by atoms with E-state index in [0.717, 1.165) is 103 Å². The van der Waals surface area contributed by atoms with Gasteiger partial charge in [-0.1, -0.05) is 318 Å². The summed E-state index contributed by atoms with van der Waals surface area (Å²) in [6.45, 7) is 6.49. The Morgan fingerprint density at radius 1 is 0.263 bits per heavy atom. The Morgan fingerprint density at radius 2 is 0.487 bits per heavy atom. The Morgan fingerprint density at radius 3 is 0.762 bits per heavy atom. The lowest BCUT2D eigenvalue weighted by atomic mass is 10.0. The summed E-state index contributed by atoms with van der Waals surface area (Å²) in [6, 6.07) is 0. The molecule has 0 aromatic rings. The molecule has 1 atom stereocenters. The number of rotatable bonds is 63. The van der Waals surface area contributed by atoms with Gasteiger partial charge in [-0.2, -0.15) is 0 Å². The maximum atomic E-state index is 12.9. The highest BCUT2D eigenvalue weighted by Gasteiger charge is 2.19. The molecule has 0 heterocycles. The molecule has 80 heavy (non-hydrogen) atoms. The van der Waals surface area contributed by atoms with Crippen LogP contribution in [-0.2, 0) is 28.6 Å². The van der Waals surface area contributed by atoms with Crippen LogP contribution < -0.4 is 0 Å². The van der Waals surface area contributed by atoms with Crippen molar-refractivity contribution in [3.05, 3.63) is 85.1 Å².